The molecule has 0 saturated heterocycles. The third kappa shape index (κ3) is 12.2. The first kappa shape index (κ1) is 39.0. The molecular weight excluding hydrogens is 544 g/mol. The van der Waals surface area contributed by atoms with E-state index in [0.29, 0.717) is 24.0 Å². The molecule has 0 heterocycles. The Morgan fingerprint density at radius 2 is 1.58 bits per heavy atom. The second-order valence-electron chi connectivity index (χ2n) is 14.0. The molecule has 0 aromatic heterocycles. The van der Waals surface area contributed by atoms with Gasteiger partial charge in [0.1, 0.15) is 5.78 Å². The van der Waals surface area contributed by atoms with Crippen LogP contribution in [0.3, 0.4) is 0 Å². The standard InChI is InChI=1S/C39H56O.C3H8.C2H6.H2/c1-6-13-31(14-7-2)16-12-17-32-21-22-34(29(4)25-32)26-35-23-24-36-27-37(40)20-11-8-15-28(3)38(39(36)30(35)5)33-18-9-10-19-33;1-3-2;1-2;/h6,13,21-25,28,31,33,38H,7-12,14-20,26-27H2,1-5H3;3H2,1-2H3;1-2H3;1H/t28-,31?,38?;;;/m0.../s1. The van der Waals surface area contributed by atoms with Crippen LogP contribution in [0.2, 0.25) is 0 Å². The maximum Gasteiger partial charge on any atom is 0.137 e. The number of Topliss-reactive ketones (excluding diaryl/α,β-unsaturated/α-hetero) is 1. The average Bonchev–Trinajstić information content (AvgIpc) is 3.55. The summed E-state index contributed by atoms with van der Waals surface area (Å²) in [6.45, 7) is 19.9. The molecule has 1 nitrogen and oxygen atoms in total. The van der Waals surface area contributed by atoms with Gasteiger partial charge in [-0.2, -0.15) is 0 Å². The van der Waals surface area contributed by atoms with Crippen LogP contribution >= 0.6 is 0 Å². The first-order chi connectivity index (χ1) is 21.8. The zero-order chi connectivity index (χ0) is 33.2. The van der Waals surface area contributed by atoms with Gasteiger partial charge in [0.05, 0.1) is 0 Å². The lowest BCUT2D eigenvalue weighted by atomic mass is 9.70. The average molecular weight is 617 g/mol. The van der Waals surface area contributed by atoms with Crippen LogP contribution in [0.15, 0.2) is 42.5 Å². The summed E-state index contributed by atoms with van der Waals surface area (Å²) in [7, 11) is 0. The van der Waals surface area contributed by atoms with Gasteiger partial charge in [-0.15, -0.1) is 0 Å². The molecule has 2 aliphatic rings. The molecule has 0 bridgehead atoms. The molecule has 3 atom stereocenters. The highest BCUT2D eigenvalue weighted by Gasteiger charge is 2.34. The molecule has 2 aliphatic carbocycles. The molecule has 1 heteroatoms. The zero-order valence-corrected chi connectivity index (χ0v) is 31.1. The summed E-state index contributed by atoms with van der Waals surface area (Å²) in [5, 5.41) is 0. The monoisotopic (exact) mass is 617 g/mol. The van der Waals surface area contributed by atoms with Crippen LogP contribution in [0.5, 0.6) is 0 Å². The van der Waals surface area contributed by atoms with Gasteiger partial charge in [-0.3, -0.25) is 4.79 Å². The SMILES string of the molecule is CC.CC=CC(CCC)CCCc1ccc(Cc2ccc3c(c2C)C(C2CCCC2)[C@@H](C)CCCCC(=O)C3)c(C)c1.CCC.[HH]. The van der Waals surface area contributed by atoms with E-state index >= 15 is 0 Å². The minimum atomic E-state index is 0. The van der Waals surface area contributed by atoms with Crippen LogP contribution in [-0.2, 0) is 24.1 Å². The predicted molar refractivity (Wildman–Crippen MR) is 202 cm³/mol. The summed E-state index contributed by atoms with van der Waals surface area (Å²) in [4.78, 5) is 12.9. The van der Waals surface area contributed by atoms with Gasteiger partial charge in [-0.1, -0.05) is 123 Å². The molecule has 45 heavy (non-hydrogen) atoms. The van der Waals surface area contributed by atoms with Gasteiger partial charge in [0.2, 0.25) is 0 Å². The number of carbonyl (C=O) groups excluding carboxylic acids is 1. The van der Waals surface area contributed by atoms with Crippen molar-refractivity contribution in [2.75, 3.05) is 0 Å². The van der Waals surface area contributed by atoms with E-state index in [1.807, 2.05) is 13.8 Å². The molecule has 0 aliphatic heterocycles. The fraction of sp³-hybridized carbons (Fsp3) is 0.659. The van der Waals surface area contributed by atoms with Gasteiger partial charge in [-0.05, 0) is 135 Å². The lowest BCUT2D eigenvalue weighted by molar-refractivity contribution is -0.118. The smallest absolute Gasteiger partial charge is 0.137 e. The minimum Gasteiger partial charge on any atom is -0.299 e. The van der Waals surface area contributed by atoms with Gasteiger partial charge >= 0.3 is 0 Å². The number of ketones is 1. The first-order valence-electron chi connectivity index (χ1n) is 19.2. The maximum atomic E-state index is 12.9. The molecule has 2 unspecified atom stereocenters. The van der Waals surface area contributed by atoms with E-state index in [-0.39, 0.29) is 1.43 Å². The fourth-order valence-corrected chi connectivity index (χ4v) is 8.07. The highest BCUT2D eigenvalue weighted by atomic mass is 16.1. The quantitative estimate of drug-likeness (QED) is 0.243. The van der Waals surface area contributed by atoms with Crippen LogP contribution in [0.25, 0.3) is 0 Å². The number of hydrogen-bond donors (Lipinski definition) is 0. The molecule has 2 aromatic carbocycles. The normalized spacial score (nSPS) is 19.7. The van der Waals surface area contributed by atoms with E-state index in [9.17, 15) is 4.79 Å². The number of fused-ring (bicyclic) bond motifs is 1. The summed E-state index contributed by atoms with van der Waals surface area (Å²) in [6, 6.07) is 11.9. The Hall–Kier alpha value is -2.15. The number of benzene rings is 2. The lowest BCUT2D eigenvalue weighted by Gasteiger charge is -2.34. The summed E-state index contributed by atoms with van der Waals surface area (Å²) in [5.41, 5.74) is 10.2. The van der Waals surface area contributed by atoms with E-state index in [1.165, 1.54) is 110 Å². The number of rotatable bonds is 10. The summed E-state index contributed by atoms with van der Waals surface area (Å²) >= 11 is 0. The Morgan fingerprint density at radius 3 is 2.22 bits per heavy atom. The molecule has 254 valence electrons. The Labute approximate surface area is 281 Å². The van der Waals surface area contributed by atoms with Crippen molar-refractivity contribution in [2.45, 2.75) is 171 Å². The van der Waals surface area contributed by atoms with Crippen molar-refractivity contribution in [3.8, 4) is 0 Å². The number of carbonyl (C=O) groups is 1. The molecule has 0 N–H and O–H groups in total. The highest BCUT2D eigenvalue weighted by Crippen LogP contribution is 2.46. The van der Waals surface area contributed by atoms with Crippen LogP contribution in [0.4, 0.5) is 0 Å². The third-order valence-electron chi connectivity index (χ3n) is 10.3. The van der Waals surface area contributed by atoms with Gasteiger partial charge in [-0.25, -0.2) is 0 Å². The lowest BCUT2D eigenvalue weighted by Crippen LogP contribution is -2.23. The Bertz CT molecular complexity index is 1150. The number of allylic oxidation sites excluding steroid dienone is 2. The summed E-state index contributed by atoms with van der Waals surface area (Å²) < 4.78 is 0. The first-order valence-corrected chi connectivity index (χ1v) is 19.2. The van der Waals surface area contributed by atoms with E-state index in [2.05, 4.69) is 91.0 Å². The Kier molecular flexibility index (Phi) is 18.7. The van der Waals surface area contributed by atoms with Gasteiger partial charge in [0, 0.05) is 14.3 Å². The van der Waals surface area contributed by atoms with Crippen molar-refractivity contribution in [1.29, 1.82) is 0 Å². The zero-order valence-electron chi connectivity index (χ0n) is 31.1. The van der Waals surface area contributed by atoms with Crippen LogP contribution < -0.4 is 0 Å². The van der Waals surface area contributed by atoms with Crippen molar-refractivity contribution in [3.05, 3.63) is 81.4 Å². The van der Waals surface area contributed by atoms with Gasteiger partial charge in [0.15, 0.2) is 0 Å². The molecule has 0 radical (unpaired) electrons. The van der Waals surface area contributed by atoms with Gasteiger partial charge in [0.25, 0.3) is 0 Å². The number of hydrogen-bond acceptors (Lipinski definition) is 1. The van der Waals surface area contributed by atoms with Crippen molar-refractivity contribution in [2.24, 2.45) is 17.8 Å². The van der Waals surface area contributed by atoms with Crippen LogP contribution in [-0.4, -0.2) is 5.78 Å². The van der Waals surface area contributed by atoms with E-state index < -0.39 is 0 Å². The minimum absolute atomic E-state index is 0. The second-order valence-corrected chi connectivity index (χ2v) is 14.0. The molecule has 1 saturated carbocycles. The van der Waals surface area contributed by atoms with Gasteiger partial charge < -0.3 is 0 Å². The highest BCUT2D eigenvalue weighted by molar-refractivity contribution is 5.81. The molecule has 0 amide bonds. The summed E-state index contributed by atoms with van der Waals surface area (Å²) in [6.07, 6.45) is 23.5. The van der Waals surface area contributed by atoms with E-state index in [0.717, 1.165) is 31.1 Å². The molecule has 2 aromatic rings. The maximum absolute atomic E-state index is 12.9. The largest absolute Gasteiger partial charge is 0.299 e. The molecular formula is C44H72O. The molecule has 0 spiro atoms. The van der Waals surface area contributed by atoms with Crippen molar-refractivity contribution >= 4 is 5.78 Å². The number of aryl methyl sites for hydroxylation is 2. The topological polar surface area (TPSA) is 17.1 Å². The van der Waals surface area contributed by atoms with Crippen LogP contribution in [0.1, 0.15) is 178 Å². The Balaban J connectivity index is 0.00000166. The van der Waals surface area contributed by atoms with E-state index in [4.69, 9.17) is 0 Å². The predicted octanol–water partition coefficient (Wildman–Crippen LogP) is 13.5. The van der Waals surface area contributed by atoms with E-state index in [1.54, 1.807) is 5.56 Å². The molecule has 1 fully saturated rings. The van der Waals surface area contributed by atoms with Crippen molar-refractivity contribution in [1.82, 2.24) is 0 Å². The second kappa shape index (κ2) is 21.6. The Morgan fingerprint density at radius 1 is 0.911 bits per heavy atom. The van der Waals surface area contributed by atoms with Crippen LogP contribution in [0, 0.1) is 31.6 Å². The summed E-state index contributed by atoms with van der Waals surface area (Å²) in [5.74, 6) is 3.24. The van der Waals surface area contributed by atoms with Crippen molar-refractivity contribution < 1.29 is 6.22 Å². The fourth-order valence-electron chi connectivity index (χ4n) is 8.07. The third-order valence-corrected chi connectivity index (χ3v) is 10.3. The molecule has 4 rings (SSSR count). The van der Waals surface area contributed by atoms with Crippen molar-refractivity contribution in [3.63, 3.8) is 0 Å².